The van der Waals surface area contributed by atoms with E-state index in [0.29, 0.717) is 17.1 Å². The molecule has 0 saturated heterocycles. The molecular formula is C16H17N3OS. The molecule has 0 fully saturated rings. The molecule has 108 valence electrons. The Kier molecular flexibility index (Phi) is 3.86. The number of hydrogen-bond acceptors (Lipinski definition) is 4. The monoisotopic (exact) mass is 299 g/mol. The second kappa shape index (κ2) is 5.79. The predicted octanol–water partition coefficient (Wildman–Crippen LogP) is 3.14. The first kappa shape index (κ1) is 14.0. The third-order valence-electron chi connectivity index (χ3n) is 3.48. The maximum atomic E-state index is 11.9. The van der Waals surface area contributed by atoms with Crippen LogP contribution >= 0.6 is 11.3 Å². The molecule has 2 heterocycles. The van der Waals surface area contributed by atoms with Crippen molar-refractivity contribution in [3.63, 3.8) is 0 Å². The molecule has 0 saturated carbocycles. The Balaban J connectivity index is 1.75. The number of H-pyrrole nitrogens is 1. The summed E-state index contributed by atoms with van der Waals surface area (Å²) >= 11 is 1.42. The van der Waals surface area contributed by atoms with Crippen LogP contribution in [-0.4, -0.2) is 9.97 Å². The number of rotatable bonds is 4. The fourth-order valence-electron chi connectivity index (χ4n) is 2.31. The number of fused-ring (bicyclic) bond motifs is 1. The number of benzene rings is 1. The molecule has 1 aromatic carbocycles. The number of thiophene rings is 1. The van der Waals surface area contributed by atoms with Gasteiger partial charge in [-0.15, -0.1) is 11.3 Å². The van der Waals surface area contributed by atoms with Gasteiger partial charge in [-0.3, -0.25) is 4.79 Å². The van der Waals surface area contributed by atoms with Crippen molar-refractivity contribution >= 4 is 21.6 Å². The van der Waals surface area contributed by atoms with Crippen LogP contribution in [0.3, 0.4) is 0 Å². The van der Waals surface area contributed by atoms with E-state index in [1.807, 2.05) is 11.4 Å². The minimum absolute atomic E-state index is 0.0602. The molecule has 0 radical (unpaired) electrons. The second-order valence-electron chi connectivity index (χ2n) is 5.16. The number of aryl methyl sites for hydroxylation is 1. The van der Waals surface area contributed by atoms with E-state index in [1.165, 1.54) is 22.5 Å². The summed E-state index contributed by atoms with van der Waals surface area (Å²) in [7, 11) is 0. The van der Waals surface area contributed by atoms with Crippen LogP contribution in [0.4, 0.5) is 0 Å². The number of aromatic amines is 1. The number of hydrogen-bond donors (Lipinski definition) is 2. The van der Waals surface area contributed by atoms with Gasteiger partial charge in [-0.1, -0.05) is 29.8 Å². The van der Waals surface area contributed by atoms with Gasteiger partial charge in [0.25, 0.3) is 5.56 Å². The van der Waals surface area contributed by atoms with Crippen molar-refractivity contribution in [2.75, 3.05) is 0 Å². The smallest absolute Gasteiger partial charge is 0.268 e. The normalized spacial score (nSPS) is 12.7. The summed E-state index contributed by atoms with van der Waals surface area (Å²) in [5, 5.41) is 5.29. The number of nitrogens with one attached hydrogen (secondary N) is 2. The fourth-order valence-corrected chi connectivity index (χ4v) is 3.04. The second-order valence-corrected chi connectivity index (χ2v) is 6.08. The maximum absolute atomic E-state index is 11.9. The molecule has 2 aromatic heterocycles. The van der Waals surface area contributed by atoms with E-state index in [4.69, 9.17) is 0 Å². The van der Waals surface area contributed by atoms with E-state index >= 15 is 0 Å². The van der Waals surface area contributed by atoms with Crippen molar-refractivity contribution in [2.45, 2.75) is 26.4 Å². The lowest BCUT2D eigenvalue weighted by atomic mass is 10.1. The zero-order valence-corrected chi connectivity index (χ0v) is 12.8. The zero-order valence-electron chi connectivity index (χ0n) is 12.0. The van der Waals surface area contributed by atoms with E-state index in [0.717, 1.165) is 5.52 Å². The first-order valence-electron chi connectivity index (χ1n) is 6.90. The summed E-state index contributed by atoms with van der Waals surface area (Å²) in [6, 6.07) is 10.5. The van der Waals surface area contributed by atoms with Gasteiger partial charge in [-0.05, 0) is 30.9 Å². The first-order chi connectivity index (χ1) is 10.1. The van der Waals surface area contributed by atoms with E-state index < -0.39 is 0 Å². The first-order valence-corrected chi connectivity index (χ1v) is 7.78. The van der Waals surface area contributed by atoms with Crippen LogP contribution in [0.15, 0.2) is 40.5 Å². The van der Waals surface area contributed by atoms with E-state index in [1.54, 1.807) is 0 Å². The summed E-state index contributed by atoms with van der Waals surface area (Å²) in [6.45, 7) is 4.73. The molecule has 21 heavy (non-hydrogen) atoms. The van der Waals surface area contributed by atoms with Gasteiger partial charge in [0.2, 0.25) is 0 Å². The minimum atomic E-state index is -0.0602. The largest absolute Gasteiger partial charge is 0.308 e. The molecule has 0 aliphatic carbocycles. The van der Waals surface area contributed by atoms with E-state index in [9.17, 15) is 4.79 Å². The highest BCUT2D eigenvalue weighted by molar-refractivity contribution is 7.17. The Bertz CT molecular complexity index is 822. The van der Waals surface area contributed by atoms with Crippen LogP contribution in [0.1, 0.15) is 29.9 Å². The summed E-state index contributed by atoms with van der Waals surface area (Å²) in [6.07, 6.45) is 0. The molecule has 0 unspecified atom stereocenters. The molecule has 0 bridgehead atoms. The average molecular weight is 299 g/mol. The SMILES string of the molecule is Cc1cccc([C@H](C)NCc2nc3ccsc3c(=O)[nH]2)c1. The van der Waals surface area contributed by atoms with Crippen LogP contribution in [0.2, 0.25) is 0 Å². The molecule has 0 aliphatic rings. The summed E-state index contributed by atoms with van der Waals surface area (Å²) in [5.74, 6) is 0.672. The maximum Gasteiger partial charge on any atom is 0.268 e. The van der Waals surface area contributed by atoms with Crippen LogP contribution in [0, 0.1) is 6.92 Å². The molecular weight excluding hydrogens is 282 g/mol. The standard InChI is InChI=1S/C16H17N3OS/c1-10-4-3-5-12(8-10)11(2)17-9-14-18-13-6-7-21-15(13)16(20)19-14/h3-8,11,17H,9H2,1-2H3,(H,18,19,20)/t11-/m0/s1. The lowest BCUT2D eigenvalue weighted by molar-refractivity contribution is 0.559. The highest BCUT2D eigenvalue weighted by atomic mass is 32.1. The Labute approximate surface area is 126 Å². The Morgan fingerprint density at radius 3 is 3.05 bits per heavy atom. The van der Waals surface area contributed by atoms with Crippen molar-refractivity contribution < 1.29 is 0 Å². The molecule has 4 nitrogen and oxygen atoms in total. The fraction of sp³-hybridized carbons (Fsp3) is 0.250. The van der Waals surface area contributed by atoms with Gasteiger partial charge in [0.05, 0.1) is 12.1 Å². The summed E-state index contributed by atoms with van der Waals surface area (Å²) in [5.41, 5.74) is 3.18. The molecule has 2 N–H and O–H groups in total. The highest BCUT2D eigenvalue weighted by Gasteiger charge is 2.08. The lowest BCUT2D eigenvalue weighted by Crippen LogP contribution is -2.22. The number of aromatic nitrogens is 2. The molecule has 0 aliphatic heterocycles. The van der Waals surface area contributed by atoms with Crippen molar-refractivity contribution in [3.05, 3.63) is 63.0 Å². The van der Waals surface area contributed by atoms with Gasteiger partial charge in [-0.2, -0.15) is 0 Å². The Hall–Kier alpha value is -1.98. The zero-order chi connectivity index (χ0) is 14.8. The van der Waals surface area contributed by atoms with E-state index in [-0.39, 0.29) is 11.6 Å². The topological polar surface area (TPSA) is 57.8 Å². The number of nitrogens with zero attached hydrogens (tertiary/aromatic N) is 1. The van der Waals surface area contributed by atoms with Crippen molar-refractivity contribution in [1.29, 1.82) is 0 Å². The van der Waals surface area contributed by atoms with Crippen LogP contribution < -0.4 is 10.9 Å². The third kappa shape index (κ3) is 3.04. The van der Waals surface area contributed by atoms with Crippen molar-refractivity contribution in [1.82, 2.24) is 15.3 Å². The molecule has 1 atom stereocenters. The third-order valence-corrected chi connectivity index (χ3v) is 4.38. The highest BCUT2D eigenvalue weighted by Crippen LogP contribution is 2.15. The predicted molar refractivity (Wildman–Crippen MR) is 86.7 cm³/mol. The van der Waals surface area contributed by atoms with Gasteiger partial charge in [-0.25, -0.2) is 4.98 Å². The van der Waals surface area contributed by atoms with Gasteiger partial charge in [0.15, 0.2) is 0 Å². The van der Waals surface area contributed by atoms with Crippen LogP contribution in [0.5, 0.6) is 0 Å². The average Bonchev–Trinajstić information content (AvgIpc) is 2.93. The van der Waals surface area contributed by atoms with Crippen molar-refractivity contribution in [3.8, 4) is 0 Å². The molecule has 0 amide bonds. The summed E-state index contributed by atoms with van der Waals surface area (Å²) < 4.78 is 0.686. The summed E-state index contributed by atoms with van der Waals surface area (Å²) in [4.78, 5) is 19.2. The Morgan fingerprint density at radius 1 is 1.38 bits per heavy atom. The van der Waals surface area contributed by atoms with Crippen LogP contribution in [-0.2, 0) is 6.54 Å². The lowest BCUT2D eigenvalue weighted by Gasteiger charge is -2.14. The molecule has 5 heteroatoms. The van der Waals surface area contributed by atoms with Gasteiger partial charge >= 0.3 is 0 Å². The Morgan fingerprint density at radius 2 is 2.24 bits per heavy atom. The van der Waals surface area contributed by atoms with Crippen LogP contribution in [0.25, 0.3) is 10.2 Å². The van der Waals surface area contributed by atoms with E-state index in [2.05, 4.69) is 53.4 Å². The van der Waals surface area contributed by atoms with Gasteiger partial charge in [0, 0.05) is 6.04 Å². The minimum Gasteiger partial charge on any atom is -0.308 e. The van der Waals surface area contributed by atoms with Gasteiger partial charge < -0.3 is 10.3 Å². The van der Waals surface area contributed by atoms with Gasteiger partial charge in [0.1, 0.15) is 10.5 Å². The quantitative estimate of drug-likeness (QED) is 0.778. The molecule has 3 rings (SSSR count). The van der Waals surface area contributed by atoms with Crippen molar-refractivity contribution in [2.24, 2.45) is 0 Å². The molecule has 0 spiro atoms. The molecule has 3 aromatic rings.